The van der Waals surface area contributed by atoms with Gasteiger partial charge in [0.05, 0.1) is 5.75 Å². The van der Waals surface area contributed by atoms with Crippen LogP contribution in [-0.4, -0.2) is 50.6 Å². The number of piperazine rings is 1. The second-order valence-corrected chi connectivity index (χ2v) is 7.22. The molecule has 1 amide bonds. The van der Waals surface area contributed by atoms with Gasteiger partial charge in [-0.15, -0.1) is 0 Å². The van der Waals surface area contributed by atoms with Crippen LogP contribution in [-0.2, 0) is 14.8 Å². The molecule has 1 aliphatic rings. The van der Waals surface area contributed by atoms with Crippen LogP contribution in [0.25, 0.3) is 0 Å². The molecule has 21 heavy (non-hydrogen) atoms. The van der Waals surface area contributed by atoms with Gasteiger partial charge in [-0.3, -0.25) is 4.79 Å². The van der Waals surface area contributed by atoms with Crippen molar-refractivity contribution in [3.63, 3.8) is 0 Å². The molecule has 1 saturated heterocycles. The largest absolute Gasteiger partial charge is 0.326 e. The lowest BCUT2D eigenvalue weighted by atomic mass is 10.2. The third-order valence-electron chi connectivity index (χ3n) is 3.36. The van der Waals surface area contributed by atoms with Gasteiger partial charge >= 0.3 is 0 Å². The lowest BCUT2D eigenvalue weighted by Gasteiger charge is -2.26. The van der Waals surface area contributed by atoms with Crippen molar-refractivity contribution in [1.29, 1.82) is 0 Å². The number of rotatable bonds is 5. The molecule has 1 aromatic carbocycles. The van der Waals surface area contributed by atoms with Gasteiger partial charge in [-0.1, -0.05) is 12.1 Å². The minimum absolute atomic E-state index is 0.0276. The number of hydrogen-bond donors (Lipinski definition) is 2. The number of hydrogen-bond acceptors (Lipinski definition) is 4. The van der Waals surface area contributed by atoms with E-state index in [2.05, 4.69) is 10.6 Å². The second-order valence-electron chi connectivity index (χ2n) is 5.13. The first-order chi connectivity index (χ1) is 9.97. The van der Waals surface area contributed by atoms with E-state index in [9.17, 15) is 13.2 Å². The Morgan fingerprint density at radius 1 is 1.33 bits per heavy atom. The highest BCUT2D eigenvalue weighted by Gasteiger charge is 2.24. The van der Waals surface area contributed by atoms with E-state index in [-0.39, 0.29) is 18.1 Å². The number of carbonyl (C=O) groups is 1. The van der Waals surface area contributed by atoms with Crippen LogP contribution in [0.1, 0.15) is 12.0 Å². The molecule has 0 aliphatic carbocycles. The van der Waals surface area contributed by atoms with Crippen LogP contribution in [0, 0.1) is 6.92 Å². The predicted molar refractivity (Wildman–Crippen MR) is 82.7 cm³/mol. The molecule has 0 saturated carbocycles. The van der Waals surface area contributed by atoms with Gasteiger partial charge in [-0.2, -0.15) is 4.31 Å². The molecule has 7 heteroatoms. The van der Waals surface area contributed by atoms with Crippen LogP contribution >= 0.6 is 0 Å². The Morgan fingerprint density at radius 2 is 2.05 bits per heavy atom. The monoisotopic (exact) mass is 311 g/mol. The third kappa shape index (κ3) is 4.80. The van der Waals surface area contributed by atoms with Gasteiger partial charge in [-0.05, 0) is 24.6 Å². The maximum absolute atomic E-state index is 12.1. The van der Waals surface area contributed by atoms with E-state index >= 15 is 0 Å². The lowest BCUT2D eigenvalue weighted by Crippen LogP contribution is -2.47. The minimum Gasteiger partial charge on any atom is -0.326 e. The first kappa shape index (κ1) is 15.9. The SMILES string of the molecule is Cc1cccc(NC(=O)CCS(=O)(=O)N2CCNCC2)c1. The highest BCUT2D eigenvalue weighted by atomic mass is 32.2. The summed E-state index contributed by atoms with van der Waals surface area (Å²) in [7, 11) is -3.35. The van der Waals surface area contributed by atoms with E-state index < -0.39 is 10.0 Å². The molecule has 0 radical (unpaired) electrons. The van der Waals surface area contributed by atoms with Crippen LogP contribution in [0.15, 0.2) is 24.3 Å². The summed E-state index contributed by atoms with van der Waals surface area (Å²) >= 11 is 0. The molecule has 0 atom stereocenters. The summed E-state index contributed by atoms with van der Waals surface area (Å²) in [5.74, 6) is -0.427. The quantitative estimate of drug-likeness (QED) is 0.833. The summed E-state index contributed by atoms with van der Waals surface area (Å²) in [5.41, 5.74) is 1.74. The van der Waals surface area contributed by atoms with Gasteiger partial charge in [0.25, 0.3) is 0 Å². The molecule has 6 nitrogen and oxygen atoms in total. The average Bonchev–Trinajstić information content (AvgIpc) is 2.46. The molecule has 0 aromatic heterocycles. The van der Waals surface area contributed by atoms with Crippen LogP contribution < -0.4 is 10.6 Å². The molecule has 2 rings (SSSR count). The number of benzene rings is 1. The van der Waals surface area contributed by atoms with Gasteiger partial charge in [0.15, 0.2) is 0 Å². The number of nitrogens with zero attached hydrogens (tertiary/aromatic N) is 1. The van der Waals surface area contributed by atoms with E-state index in [0.717, 1.165) is 5.56 Å². The number of amides is 1. The number of anilines is 1. The van der Waals surface area contributed by atoms with Gasteiger partial charge in [0.1, 0.15) is 0 Å². The van der Waals surface area contributed by atoms with Crippen LogP contribution in [0.4, 0.5) is 5.69 Å². The summed E-state index contributed by atoms with van der Waals surface area (Å²) in [5, 5.41) is 5.83. The van der Waals surface area contributed by atoms with Crippen LogP contribution in [0.2, 0.25) is 0 Å². The Labute approximate surface area is 125 Å². The molecule has 116 valence electrons. The van der Waals surface area contributed by atoms with E-state index in [0.29, 0.717) is 31.9 Å². The van der Waals surface area contributed by atoms with Crippen molar-refractivity contribution in [2.45, 2.75) is 13.3 Å². The smallest absolute Gasteiger partial charge is 0.225 e. The number of carbonyl (C=O) groups excluding carboxylic acids is 1. The number of nitrogens with one attached hydrogen (secondary N) is 2. The highest BCUT2D eigenvalue weighted by molar-refractivity contribution is 7.89. The van der Waals surface area contributed by atoms with Gasteiger partial charge in [0, 0.05) is 38.3 Å². The summed E-state index contributed by atoms with van der Waals surface area (Å²) in [6, 6.07) is 7.42. The third-order valence-corrected chi connectivity index (χ3v) is 5.23. The lowest BCUT2D eigenvalue weighted by molar-refractivity contribution is -0.115. The predicted octanol–water partition coefficient (Wildman–Crippen LogP) is 0.559. The Balaban J connectivity index is 1.85. The van der Waals surface area contributed by atoms with Gasteiger partial charge in [-0.25, -0.2) is 8.42 Å². The van der Waals surface area contributed by atoms with Gasteiger partial charge in [0.2, 0.25) is 15.9 Å². The first-order valence-electron chi connectivity index (χ1n) is 7.02. The highest BCUT2D eigenvalue weighted by Crippen LogP contribution is 2.11. The standard InChI is InChI=1S/C14H21N3O3S/c1-12-3-2-4-13(11-12)16-14(18)5-10-21(19,20)17-8-6-15-7-9-17/h2-4,11,15H,5-10H2,1H3,(H,16,18). The molecular weight excluding hydrogens is 290 g/mol. The number of aryl methyl sites for hydroxylation is 1. The zero-order valence-electron chi connectivity index (χ0n) is 12.1. The average molecular weight is 311 g/mol. The van der Waals surface area contributed by atoms with E-state index in [4.69, 9.17) is 0 Å². The Bertz CT molecular complexity index is 595. The van der Waals surface area contributed by atoms with Crippen LogP contribution in [0.3, 0.4) is 0 Å². The van der Waals surface area contributed by atoms with Crippen molar-refractivity contribution < 1.29 is 13.2 Å². The molecule has 1 aromatic rings. The molecule has 1 fully saturated rings. The van der Waals surface area contributed by atoms with Crippen molar-refractivity contribution >= 4 is 21.6 Å². The van der Waals surface area contributed by atoms with Crippen LogP contribution in [0.5, 0.6) is 0 Å². The number of sulfonamides is 1. The van der Waals surface area contributed by atoms with Gasteiger partial charge < -0.3 is 10.6 Å². The molecule has 1 aliphatic heterocycles. The fraction of sp³-hybridized carbons (Fsp3) is 0.500. The van der Waals surface area contributed by atoms with E-state index in [1.807, 2.05) is 25.1 Å². The summed E-state index contributed by atoms with van der Waals surface area (Å²) in [4.78, 5) is 11.8. The Hall–Kier alpha value is -1.44. The maximum atomic E-state index is 12.1. The van der Waals surface area contributed by atoms with Crippen molar-refractivity contribution in [2.24, 2.45) is 0 Å². The zero-order valence-corrected chi connectivity index (χ0v) is 12.9. The molecule has 0 bridgehead atoms. The molecule has 1 heterocycles. The van der Waals surface area contributed by atoms with Crippen molar-refractivity contribution in [3.05, 3.63) is 29.8 Å². The second kappa shape index (κ2) is 7.02. The first-order valence-corrected chi connectivity index (χ1v) is 8.63. The van der Waals surface area contributed by atoms with E-state index in [1.54, 1.807) is 6.07 Å². The summed E-state index contributed by atoms with van der Waals surface area (Å²) < 4.78 is 25.7. The summed E-state index contributed by atoms with van der Waals surface area (Å²) in [6.07, 6.45) is -0.0276. The fourth-order valence-electron chi connectivity index (χ4n) is 2.22. The molecule has 0 unspecified atom stereocenters. The minimum atomic E-state index is -3.35. The van der Waals surface area contributed by atoms with Crippen molar-refractivity contribution in [3.8, 4) is 0 Å². The normalized spacial score (nSPS) is 16.6. The topological polar surface area (TPSA) is 78.5 Å². The Morgan fingerprint density at radius 3 is 2.71 bits per heavy atom. The molecule has 0 spiro atoms. The fourth-order valence-corrected chi connectivity index (χ4v) is 3.66. The zero-order chi connectivity index (χ0) is 15.3. The van der Waals surface area contributed by atoms with E-state index in [1.165, 1.54) is 4.31 Å². The maximum Gasteiger partial charge on any atom is 0.225 e. The van der Waals surface area contributed by atoms with Crippen molar-refractivity contribution in [2.75, 3.05) is 37.2 Å². The molecular formula is C14H21N3O3S. The molecule has 2 N–H and O–H groups in total. The summed E-state index contributed by atoms with van der Waals surface area (Å²) in [6.45, 7) is 4.21. The Kier molecular flexibility index (Phi) is 5.33. The van der Waals surface area contributed by atoms with Crippen molar-refractivity contribution in [1.82, 2.24) is 9.62 Å².